The molecule has 0 bridgehead atoms. The van der Waals surface area contributed by atoms with Crippen molar-refractivity contribution in [2.24, 2.45) is 5.41 Å². The molecule has 1 aromatic heterocycles. The van der Waals surface area contributed by atoms with Crippen LogP contribution in [0.3, 0.4) is 0 Å². The molecule has 1 aliphatic rings. The van der Waals surface area contributed by atoms with Gasteiger partial charge >= 0.3 is 5.97 Å². The van der Waals surface area contributed by atoms with E-state index in [-0.39, 0.29) is 0 Å². The molecule has 0 radical (unpaired) electrons. The van der Waals surface area contributed by atoms with Gasteiger partial charge in [0, 0.05) is 4.88 Å². The number of carbonyl (C=O) groups is 1. The number of aromatic nitrogens is 1. The highest BCUT2D eigenvalue weighted by Gasteiger charge is 2.38. The van der Waals surface area contributed by atoms with E-state index in [9.17, 15) is 9.90 Å². The van der Waals surface area contributed by atoms with E-state index in [1.54, 1.807) is 11.3 Å². The summed E-state index contributed by atoms with van der Waals surface area (Å²) in [4.78, 5) is 17.1. The highest BCUT2D eigenvalue weighted by Crippen LogP contribution is 2.39. The van der Waals surface area contributed by atoms with Gasteiger partial charge in [0.15, 0.2) is 0 Å². The van der Waals surface area contributed by atoms with Crippen molar-refractivity contribution in [3.8, 4) is 0 Å². The normalized spacial score (nSPS) is 19.4. The molecule has 0 amide bonds. The maximum atomic E-state index is 11.7. The molecule has 1 aliphatic carbocycles. The van der Waals surface area contributed by atoms with Crippen molar-refractivity contribution in [3.63, 3.8) is 0 Å². The highest BCUT2D eigenvalue weighted by atomic mass is 32.1. The molecule has 0 saturated heterocycles. The number of hydrogen-bond acceptors (Lipinski definition) is 3. The van der Waals surface area contributed by atoms with Crippen molar-refractivity contribution in [1.29, 1.82) is 0 Å². The summed E-state index contributed by atoms with van der Waals surface area (Å²) >= 11 is 1.65. The van der Waals surface area contributed by atoms with Crippen LogP contribution in [0.4, 0.5) is 0 Å². The zero-order valence-electron chi connectivity index (χ0n) is 10.9. The van der Waals surface area contributed by atoms with Crippen LogP contribution in [0.5, 0.6) is 0 Å². The fourth-order valence-electron chi connectivity index (χ4n) is 2.90. The minimum absolute atomic E-state index is 0.479. The van der Waals surface area contributed by atoms with E-state index in [0.717, 1.165) is 44.2 Å². The van der Waals surface area contributed by atoms with Crippen LogP contribution in [0.1, 0.15) is 55.5 Å². The maximum absolute atomic E-state index is 11.7. The molecule has 100 valence electrons. The lowest BCUT2D eigenvalue weighted by Gasteiger charge is -2.27. The Hall–Kier alpha value is -0.900. The fraction of sp³-hybridized carbons (Fsp3) is 0.714. The summed E-state index contributed by atoms with van der Waals surface area (Å²) in [5.41, 5.74) is 2.44. The second kappa shape index (κ2) is 5.83. The summed E-state index contributed by atoms with van der Waals surface area (Å²) in [6.07, 6.45) is 7.83. The van der Waals surface area contributed by atoms with E-state index in [4.69, 9.17) is 0 Å². The van der Waals surface area contributed by atoms with Crippen LogP contribution in [0.25, 0.3) is 0 Å². The Morgan fingerprint density at radius 2 is 2.06 bits per heavy atom. The maximum Gasteiger partial charge on any atom is 0.309 e. The third-order valence-electron chi connectivity index (χ3n) is 4.19. The van der Waals surface area contributed by atoms with Gasteiger partial charge in [0.25, 0.3) is 0 Å². The molecule has 2 rings (SSSR count). The van der Waals surface area contributed by atoms with E-state index in [0.29, 0.717) is 0 Å². The van der Waals surface area contributed by atoms with E-state index >= 15 is 0 Å². The predicted octanol–water partition coefficient (Wildman–Crippen LogP) is 3.81. The zero-order valence-corrected chi connectivity index (χ0v) is 11.8. The van der Waals surface area contributed by atoms with Gasteiger partial charge < -0.3 is 5.11 Å². The molecule has 18 heavy (non-hydrogen) atoms. The van der Waals surface area contributed by atoms with Gasteiger partial charge in [-0.2, -0.15) is 0 Å². The molecule has 0 aromatic carbocycles. The summed E-state index contributed by atoms with van der Waals surface area (Å²) in [5, 5.41) is 9.60. The number of hydrogen-bond donors (Lipinski definition) is 1. The van der Waals surface area contributed by atoms with Gasteiger partial charge in [-0.3, -0.25) is 4.79 Å². The van der Waals surface area contributed by atoms with Crippen LogP contribution in [-0.4, -0.2) is 16.1 Å². The molecular formula is C14H21NO2S. The molecule has 1 aromatic rings. The lowest BCUT2D eigenvalue weighted by atomic mass is 9.76. The SMILES string of the molecule is Cc1ncsc1CCC1(C(=O)O)CCCCCC1. The first-order valence-electron chi connectivity index (χ1n) is 6.76. The Morgan fingerprint density at radius 3 is 2.56 bits per heavy atom. The molecule has 1 saturated carbocycles. The first kappa shape index (κ1) is 13.5. The summed E-state index contributed by atoms with van der Waals surface area (Å²) in [5.74, 6) is -0.591. The number of aryl methyl sites for hydroxylation is 2. The van der Waals surface area contributed by atoms with Crippen molar-refractivity contribution in [3.05, 3.63) is 16.1 Å². The topological polar surface area (TPSA) is 50.2 Å². The Bertz CT molecular complexity index is 406. The van der Waals surface area contributed by atoms with Gasteiger partial charge in [-0.1, -0.05) is 25.7 Å². The number of thiazole rings is 1. The van der Waals surface area contributed by atoms with Crippen LogP contribution in [0.2, 0.25) is 0 Å². The van der Waals surface area contributed by atoms with Crippen LogP contribution in [-0.2, 0) is 11.2 Å². The van der Waals surface area contributed by atoms with Crippen LogP contribution in [0, 0.1) is 12.3 Å². The van der Waals surface area contributed by atoms with Gasteiger partial charge in [0.1, 0.15) is 0 Å². The van der Waals surface area contributed by atoms with E-state index in [1.165, 1.54) is 17.7 Å². The Morgan fingerprint density at radius 1 is 1.39 bits per heavy atom. The molecule has 1 N–H and O–H groups in total. The van der Waals surface area contributed by atoms with E-state index < -0.39 is 11.4 Å². The molecule has 1 fully saturated rings. The minimum Gasteiger partial charge on any atom is -0.481 e. The summed E-state index contributed by atoms with van der Waals surface area (Å²) < 4.78 is 0. The lowest BCUT2D eigenvalue weighted by molar-refractivity contribution is -0.150. The summed E-state index contributed by atoms with van der Waals surface area (Å²) in [7, 11) is 0. The zero-order chi connectivity index (χ0) is 13.0. The van der Waals surface area contributed by atoms with Gasteiger partial charge in [-0.15, -0.1) is 11.3 Å². The van der Waals surface area contributed by atoms with E-state index in [1.807, 2.05) is 12.4 Å². The second-order valence-electron chi connectivity index (χ2n) is 5.36. The lowest BCUT2D eigenvalue weighted by Crippen LogP contribution is -2.31. The van der Waals surface area contributed by atoms with Crippen molar-refractivity contribution in [2.45, 2.75) is 58.3 Å². The number of aliphatic carboxylic acids is 1. The van der Waals surface area contributed by atoms with Crippen molar-refractivity contribution in [1.82, 2.24) is 4.98 Å². The summed E-state index contributed by atoms with van der Waals surface area (Å²) in [6, 6.07) is 0. The first-order chi connectivity index (χ1) is 8.64. The Kier molecular flexibility index (Phi) is 4.38. The predicted molar refractivity (Wildman–Crippen MR) is 72.9 cm³/mol. The smallest absolute Gasteiger partial charge is 0.309 e. The van der Waals surface area contributed by atoms with Gasteiger partial charge in [0.2, 0.25) is 0 Å². The average Bonchev–Trinajstić information content (AvgIpc) is 2.63. The van der Waals surface area contributed by atoms with Crippen molar-refractivity contribution < 1.29 is 9.90 Å². The average molecular weight is 267 g/mol. The standard InChI is InChI=1S/C14H21NO2S/c1-11-12(18-10-15-11)6-9-14(13(16)17)7-4-2-3-5-8-14/h10H,2-9H2,1H3,(H,16,17). The molecular weight excluding hydrogens is 246 g/mol. The number of carboxylic acids is 1. The largest absolute Gasteiger partial charge is 0.481 e. The van der Waals surface area contributed by atoms with Crippen LogP contribution >= 0.6 is 11.3 Å². The third-order valence-corrected chi connectivity index (χ3v) is 5.18. The van der Waals surface area contributed by atoms with Crippen molar-refractivity contribution >= 4 is 17.3 Å². The monoisotopic (exact) mass is 267 g/mol. The Balaban J connectivity index is 2.06. The van der Waals surface area contributed by atoms with Crippen molar-refractivity contribution in [2.75, 3.05) is 0 Å². The number of nitrogens with zero attached hydrogens (tertiary/aromatic N) is 1. The molecule has 0 unspecified atom stereocenters. The van der Waals surface area contributed by atoms with Gasteiger partial charge in [0.05, 0.1) is 16.6 Å². The molecule has 0 spiro atoms. The summed E-state index contributed by atoms with van der Waals surface area (Å²) in [6.45, 7) is 2.01. The molecule has 3 nitrogen and oxygen atoms in total. The number of rotatable bonds is 4. The fourth-order valence-corrected chi connectivity index (χ4v) is 3.68. The molecule has 1 heterocycles. The Labute approximate surface area is 112 Å². The highest BCUT2D eigenvalue weighted by molar-refractivity contribution is 7.09. The van der Waals surface area contributed by atoms with Crippen LogP contribution < -0.4 is 0 Å². The van der Waals surface area contributed by atoms with Gasteiger partial charge in [-0.05, 0) is 32.6 Å². The molecule has 4 heteroatoms. The second-order valence-corrected chi connectivity index (χ2v) is 6.30. The minimum atomic E-state index is -0.591. The molecule has 0 aliphatic heterocycles. The number of carboxylic acid groups (broad SMARTS) is 1. The first-order valence-corrected chi connectivity index (χ1v) is 7.64. The van der Waals surface area contributed by atoms with E-state index in [2.05, 4.69) is 4.98 Å². The third kappa shape index (κ3) is 2.91. The quantitative estimate of drug-likeness (QED) is 0.844. The van der Waals surface area contributed by atoms with Gasteiger partial charge in [-0.25, -0.2) is 4.98 Å². The van der Waals surface area contributed by atoms with Crippen LogP contribution in [0.15, 0.2) is 5.51 Å². The molecule has 0 atom stereocenters.